The SMILES string of the molecule is COc1ccc(N2CC(C(=O)N3CCN(c4ccc(-c5ccccc5C)nn4)CC3)CC2=O)cc1. The van der Waals surface area contributed by atoms with Crippen molar-refractivity contribution in [3.63, 3.8) is 0 Å². The minimum Gasteiger partial charge on any atom is -0.497 e. The summed E-state index contributed by atoms with van der Waals surface area (Å²) in [5.74, 6) is 1.27. The van der Waals surface area contributed by atoms with Crippen LogP contribution in [0.3, 0.4) is 0 Å². The van der Waals surface area contributed by atoms with E-state index in [0.717, 1.165) is 34.1 Å². The van der Waals surface area contributed by atoms with Crippen LogP contribution in [0.4, 0.5) is 11.5 Å². The van der Waals surface area contributed by atoms with Crippen LogP contribution in [-0.4, -0.2) is 66.7 Å². The monoisotopic (exact) mass is 471 g/mol. The summed E-state index contributed by atoms with van der Waals surface area (Å²) >= 11 is 0. The third-order valence-corrected chi connectivity index (χ3v) is 6.85. The van der Waals surface area contributed by atoms with Crippen LogP contribution in [0.1, 0.15) is 12.0 Å². The summed E-state index contributed by atoms with van der Waals surface area (Å²) in [4.78, 5) is 31.5. The number of hydrogen-bond acceptors (Lipinski definition) is 6. The molecule has 1 aromatic heterocycles. The van der Waals surface area contributed by atoms with Crippen molar-refractivity contribution in [1.29, 1.82) is 0 Å². The topological polar surface area (TPSA) is 78.9 Å². The van der Waals surface area contributed by atoms with E-state index in [-0.39, 0.29) is 24.2 Å². The Kier molecular flexibility index (Phi) is 6.35. The normalized spacial score (nSPS) is 18.2. The number of carbonyl (C=O) groups is 2. The summed E-state index contributed by atoms with van der Waals surface area (Å²) in [7, 11) is 1.61. The molecule has 3 aromatic rings. The second-order valence-corrected chi connectivity index (χ2v) is 9.01. The first-order valence-corrected chi connectivity index (χ1v) is 11.9. The van der Waals surface area contributed by atoms with Crippen LogP contribution in [0.2, 0.25) is 0 Å². The molecule has 180 valence electrons. The maximum absolute atomic E-state index is 13.2. The predicted molar refractivity (Wildman–Crippen MR) is 134 cm³/mol. The maximum atomic E-state index is 13.2. The van der Waals surface area contributed by atoms with Crippen molar-refractivity contribution in [2.45, 2.75) is 13.3 Å². The molecule has 5 rings (SSSR count). The highest BCUT2D eigenvalue weighted by atomic mass is 16.5. The molecule has 0 radical (unpaired) electrons. The fraction of sp³-hybridized carbons (Fsp3) is 0.333. The van der Waals surface area contributed by atoms with E-state index in [2.05, 4.69) is 28.1 Å². The molecule has 0 bridgehead atoms. The second-order valence-electron chi connectivity index (χ2n) is 9.01. The number of benzene rings is 2. The third-order valence-electron chi connectivity index (χ3n) is 6.85. The molecule has 8 heteroatoms. The van der Waals surface area contributed by atoms with Gasteiger partial charge in [-0.05, 0) is 48.9 Å². The Morgan fingerprint density at radius 1 is 0.943 bits per heavy atom. The second kappa shape index (κ2) is 9.74. The highest BCUT2D eigenvalue weighted by Crippen LogP contribution is 2.28. The fourth-order valence-electron chi connectivity index (χ4n) is 4.80. The van der Waals surface area contributed by atoms with Crippen LogP contribution in [0, 0.1) is 12.8 Å². The standard InChI is InChI=1S/C27H29N5O3/c1-19-5-3-4-6-23(19)24-11-12-25(29-28-24)30-13-15-31(16-14-30)27(34)20-17-26(33)32(18-20)21-7-9-22(35-2)10-8-21/h3-12,20H,13-18H2,1-2H3. The number of anilines is 2. The molecule has 2 aliphatic rings. The molecular formula is C27H29N5O3. The number of hydrogen-bond donors (Lipinski definition) is 0. The average Bonchev–Trinajstić information content (AvgIpc) is 3.30. The van der Waals surface area contributed by atoms with E-state index < -0.39 is 0 Å². The minimum absolute atomic E-state index is 0.0174. The van der Waals surface area contributed by atoms with Gasteiger partial charge in [0, 0.05) is 50.4 Å². The molecule has 3 heterocycles. The van der Waals surface area contributed by atoms with Gasteiger partial charge in [-0.1, -0.05) is 24.3 Å². The molecule has 35 heavy (non-hydrogen) atoms. The predicted octanol–water partition coefficient (Wildman–Crippen LogP) is 3.16. The lowest BCUT2D eigenvalue weighted by molar-refractivity contribution is -0.136. The van der Waals surface area contributed by atoms with Gasteiger partial charge in [-0.2, -0.15) is 0 Å². The van der Waals surface area contributed by atoms with Crippen LogP contribution in [0.5, 0.6) is 5.75 Å². The van der Waals surface area contributed by atoms with Crippen molar-refractivity contribution < 1.29 is 14.3 Å². The number of piperazine rings is 1. The number of carbonyl (C=O) groups excluding carboxylic acids is 2. The van der Waals surface area contributed by atoms with E-state index in [1.165, 1.54) is 0 Å². The third kappa shape index (κ3) is 4.69. The summed E-state index contributed by atoms with van der Waals surface area (Å²) in [6, 6.07) is 19.5. The number of methoxy groups -OCH3 is 1. The van der Waals surface area contributed by atoms with Gasteiger partial charge in [-0.15, -0.1) is 10.2 Å². The summed E-state index contributed by atoms with van der Waals surface area (Å²) < 4.78 is 5.19. The molecule has 2 aromatic carbocycles. The maximum Gasteiger partial charge on any atom is 0.228 e. The van der Waals surface area contributed by atoms with Gasteiger partial charge < -0.3 is 19.4 Å². The van der Waals surface area contributed by atoms with Crippen molar-refractivity contribution in [3.8, 4) is 17.0 Å². The van der Waals surface area contributed by atoms with Gasteiger partial charge in [0.15, 0.2) is 5.82 Å². The van der Waals surface area contributed by atoms with Crippen LogP contribution in [0.15, 0.2) is 60.7 Å². The van der Waals surface area contributed by atoms with Crippen molar-refractivity contribution in [2.24, 2.45) is 5.92 Å². The van der Waals surface area contributed by atoms with E-state index in [1.54, 1.807) is 12.0 Å². The van der Waals surface area contributed by atoms with E-state index in [4.69, 9.17) is 4.74 Å². The fourth-order valence-corrected chi connectivity index (χ4v) is 4.80. The van der Waals surface area contributed by atoms with Crippen molar-refractivity contribution in [2.75, 3.05) is 49.6 Å². The highest BCUT2D eigenvalue weighted by Gasteiger charge is 2.38. The summed E-state index contributed by atoms with van der Waals surface area (Å²) in [5.41, 5.74) is 3.89. The van der Waals surface area contributed by atoms with Crippen LogP contribution in [-0.2, 0) is 9.59 Å². The zero-order valence-electron chi connectivity index (χ0n) is 20.1. The smallest absolute Gasteiger partial charge is 0.228 e. The lowest BCUT2D eigenvalue weighted by Gasteiger charge is -2.36. The minimum atomic E-state index is -0.315. The van der Waals surface area contributed by atoms with Crippen LogP contribution in [0.25, 0.3) is 11.3 Å². The Morgan fingerprint density at radius 3 is 2.34 bits per heavy atom. The average molecular weight is 472 g/mol. The molecule has 0 spiro atoms. The van der Waals surface area contributed by atoms with Crippen molar-refractivity contribution in [3.05, 3.63) is 66.2 Å². The van der Waals surface area contributed by atoms with Gasteiger partial charge in [0.1, 0.15) is 5.75 Å². The molecule has 2 amide bonds. The van der Waals surface area contributed by atoms with E-state index in [9.17, 15) is 9.59 Å². The van der Waals surface area contributed by atoms with Gasteiger partial charge in [-0.3, -0.25) is 9.59 Å². The first-order valence-electron chi connectivity index (χ1n) is 11.9. The Bertz CT molecular complexity index is 1200. The first kappa shape index (κ1) is 22.8. The lowest BCUT2D eigenvalue weighted by Crippen LogP contribution is -2.51. The van der Waals surface area contributed by atoms with E-state index >= 15 is 0 Å². The largest absolute Gasteiger partial charge is 0.497 e. The van der Waals surface area contributed by atoms with E-state index in [1.807, 2.05) is 59.5 Å². The Morgan fingerprint density at radius 2 is 1.69 bits per heavy atom. The Balaban J connectivity index is 1.18. The van der Waals surface area contributed by atoms with Crippen molar-refractivity contribution in [1.82, 2.24) is 15.1 Å². The summed E-state index contributed by atoms with van der Waals surface area (Å²) in [6.45, 7) is 5.06. The van der Waals surface area contributed by atoms with Gasteiger partial charge in [0.25, 0.3) is 0 Å². The number of amides is 2. The number of rotatable bonds is 5. The van der Waals surface area contributed by atoms with Gasteiger partial charge in [-0.25, -0.2) is 0 Å². The Labute approximate surface area is 205 Å². The molecule has 2 fully saturated rings. The molecule has 1 atom stereocenters. The quantitative estimate of drug-likeness (QED) is 0.569. The van der Waals surface area contributed by atoms with Crippen LogP contribution < -0.4 is 14.5 Å². The number of ether oxygens (including phenoxy) is 1. The molecular weight excluding hydrogens is 442 g/mol. The van der Waals surface area contributed by atoms with E-state index in [0.29, 0.717) is 32.7 Å². The number of nitrogens with zero attached hydrogens (tertiary/aromatic N) is 5. The lowest BCUT2D eigenvalue weighted by atomic mass is 10.1. The number of aryl methyl sites for hydroxylation is 1. The zero-order chi connectivity index (χ0) is 24.4. The molecule has 0 aliphatic carbocycles. The molecule has 1 unspecified atom stereocenters. The molecule has 2 aliphatic heterocycles. The molecule has 0 N–H and O–H groups in total. The van der Waals surface area contributed by atoms with Crippen LogP contribution >= 0.6 is 0 Å². The van der Waals surface area contributed by atoms with Gasteiger partial charge >= 0.3 is 0 Å². The summed E-state index contributed by atoms with van der Waals surface area (Å²) in [5, 5.41) is 8.88. The molecule has 2 saturated heterocycles. The van der Waals surface area contributed by atoms with Gasteiger partial charge in [0.05, 0.1) is 18.7 Å². The highest BCUT2D eigenvalue weighted by molar-refractivity contribution is 6.00. The van der Waals surface area contributed by atoms with Gasteiger partial charge in [0.2, 0.25) is 11.8 Å². The molecule has 0 saturated carbocycles. The Hall–Kier alpha value is -3.94. The number of aromatic nitrogens is 2. The summed E-state index contributed by atoms with van der Waals surface area (Å²) in [6.07, 6.45) is 0.247. The first-order chi connectivity index (χ1) is 17.0. The van der Waals surface area contributed by atoms with Crippen molar-refractivity contribution >= 4 is 23.3 Å². The zero-order valence-corrected chi connectivity index (χ0v) is 20.1. The molecule has 8 nitrogen and oxygen atoms in total.